The predicted octanol–water partition coefficient (Wildman–Crippen LogP) is 5.36. The Labute approximate surface area is 146 Å². The van der Waals surface area contributed by atoms with E-state index in [4.69, 9.17) is 11.6 Å². The van der Waals surface area contributed by atoms with Crippen LogP contribution in [0.1, 0.15) is 24.2 Å². The van der Waals surface area contributed by atoms with Gasteiger partial charge in [-0.25, -0.2) is 4.98 Å². The summed E-state index contributed by atoms with van der Waals surface area (Å²) in [4.78, 5) is 9.02. The van der Waals surface area contributed by atoms with Gasteiger partial charge < -0.3 is 10.6 Å². The van der Waals surface area contributed by atoms with Crippen molar-refractivity contribution < 1.29 is 0 Å². The number of aryl methyl sites for hydroxylation is 1. The van der Waals surface area contributed by atoms with Gasteiger partial charge in [0.15, 0.2) is 0 Å². The summed E-state index contributed by atoms with van der Waals surface area (Å²) in [5, 5.41) is 7.29. The standard InChI is InChI=1S/C19H19ClN4/c1-13-11-18(23-17-10-6-9-16(20)12-17)24-19(21-13)22-14(2)15-7-4-3-5-8-15/h3-12,14H,1-2H3,(H2,21,22,23,24). The molecular formula is C19H19ClN4. The Balaban J connectivity index is 1.79. The zero-order chi connectivity index (χ0) is 16.9. The van der Waals surface area contributed by atoms with Gasteiger partial charge in [0.25, 0.3) is 0 Å². The van der Waals surface area contributed by atoms with Gasteiger partial charge >= 0.3 is 0 Å². The van der Waals surface area contributed by atoms with Crippen LogP contribution < -0.4 is 10.6 Å². The number of halogens is 1. The fourth-order valence-corrected chi connectivity index (χ4v) is 2.62. The van der Waals surface area contributed by atoms with Gasteiger partial charge in [-0.3, -0.25) is 0 Å². The van der Waals surface area contributed by atoms with Crippen LogP contribution in [-0.2, 0) is 0 Å². The van der Waals surface area contributed by atoms with Crippen molar-refractivity contribution in [2.75, 3.05) is 10.6 Å². The molecule has 1 heterocycles. The van der Waals surface area contributed by atoms with Crippen LogP contribution in [0.5, 0.6) is 0 Å². The third kappa shape index (κ3) is 4.24. The van der Waals surface area contributed by atoms with Gasteiger partial charge in [0.2, 0.25) is 5.95 Å². The van der Waals surface area contributed by atoms with E-state index in [0.717, 1.165) is 17.2 Å². The lowest BCUT2D eigenvalue weighted by Crippen LogP contribution is -2.10. The lowest BCUT2D eigenvalue weighted by atomic mass is 10.1. The molecular weight excluding hydrogens is 320 g/mol. The van der Waals surface area contributed by atoms with Gasteiger partial charge in [0.1, 0.15) is 5.82 Å². The Hall–Kier alpha value is -2.59. The lowest BCUT2D eigenvalue weighted by molar-refractivity contribution is 0.858. The second-order valence-electron chi connectivity index (χ2n) is 5.63. The molecule has 3 rings (SSSR count). The summed E-state index contributed by atoms with van der Waals surface area (Å²) >= 11 is 6.03. The fourth-order valence-electron chi connectivity index (χ4n) is 2.43. The zero-order valence-corrected chi connectivity index (χ0v) is 14.4. The van der Waals surface area contributed by atoms with E-state index in [-0.39, 0.29) is 6.04 Å². The second-order valence-corrected chi connectivity index (χ2v) is 6.07. The number of aromatic nitrogens is 2. The summed E-state index contributed by atoms with van der Waals surface area (Å²) in [5.41, 5.74) is 2.96. The highest BCUT2D eigenvalue weighted by Gasteiger charge is 2.08. The number of nitrogens with one attached hydrogen (secondary N) is 2. The molecule has 0 spiro atoms. The lowest BCUT2D eigenvalue weighted by Gasteiger charge is -2.15. The molecule has 2 N–H and O–H groups in total. The molecule has 0 fully saturated rings. The molecule has 122 valence electrons. The molecule has 24 heavy (non-hydrogen) atoms. The van der Waals surface area contributed by atoms with Gasteiger partial charge in [-0.05, 0) is 37.6 Å². The summed E-state index contributed by atoms with van der Waals surface area (Å²) < 4.78 is 0. The van der Waals surface area contributed by atoms with E-state index in [2.05, 4.69) is 39.7 Å². The first-order valence-corrected chi connectivity index (χ1v) is 8.18. The smallest absolute Gasteiger partial charge is 0.225 e. The maximum absolute atomic E-state index is 6.03. The van der Waals surface area contributed by atoms with Gasteiger partial charge in [-0.1, -0.05) is 48.0 Å². The van der Waals surface area contributed by atoms with E-state index < -0.39 is 0 Å². The Morgan fingerprint density at radius 3 is 2.50 bits per heavy atom. The van der Waals surface area contributed by atoms with Gasteiger partial charge in [-0.15, -0.1) is 0 Å². The molecule has 0 amide bonds. The highest BCUT2D eigenvalue weighted by Crippen LogP contribution is 2.22. The highest BCUT2D eigenvalue weighted by atomic mass is 35.5. The maximum Gasteiger partial charge on any atom is 0.225 e. The van der Waals surface area contributed by atoms with Crippen LogP contribution >= 0.6 is 11.6 Å². The minimum atomic E-state index is 0.118. The minimum absolute atomic E-state index is 0.118. The van der Waals surface area contributed by atoms with Gasteiger partial charge in [0, 0.05) is 22.5 Å². The van der Waals surface area contributed by atoms with Crippen molar-refractivity contribution in [3.63, 3.8) is 0 Å². The number of nitrogens with zero attached hydrogens (tertiary/aromatic N) is 2. The molecule has 0 bridgehead atoms. The van der Waals surface area contributed by atoms with Gasteiger partial charge in [0.05, 0.1) is 6.04 Å². The molecule has 0 aliphatic carbocycles. The average Bonchev–Trinajstić information content (AvgIpc) is 2.55. The van der Waals surface area contributed by atoms with Crippen LogP contribution in [0.4, 0.5) is 17.5 Å². The molecule has 1 unspecified atom stereocenters. The SMILES string of the molecule is Cc1cc(Nc2cccc(Cl)c2)nc(NC(C)c2ccccc2)n1. The van der Waals surface area contributed by atoms with Crippen LogP contribution in [0.2, 0.25) is 5.02 Å². The Morgan fingerprint density at radius 1 is 0.958 bits per heavy atom. The molecule has 3 aromatic rings. The topological polar surface area (TPSA) is 49.8 Å². The first-order chi connectivity index (χ1) is 11.6. The van der Waals surface area contributed by atoms with E-state index in [1.807, 2.05) is 55.5 Å². The van der Waals surface area contributed by atoms with Crippen LogP contribution in [0.3, 0.4) is 0 Å². The number of hydrogen-bond acceptors (Lipinski definition) is 4. The van der Waals surface area contributed by atoms with Crippen LogP contribution in [0.15, 0.2) is 60.7 Å². The first-order valence-electron chi connectivity index (χ1n) is 7.80. The Bertz CT molecular complexity index is 821. The molecule has 5 heteroatoms. The van der Waals surface area contributed by atoms with Crippen molar-refractivity contribution in [2.24, 2.45) is 0 Å². The molecule has 0 saturated heterocycles. The van der Waals surface area contributed by atoms with E-state index in [0.29, 0.717) is 11.0 Å². The van der Waals surface area contributed by atoms with Crippen molar-refractivity contribution in [3.05, 3.63) is 76.9 Å². The second kappa shape index (κ2) is 7.32. The molecule has 1 aromatic heterocycles. The van der Waals surface area contributed by atoms with Crippen molar-refractivity contribution in [1.82, 2.24) is 9.97 Å². The number of anilines is 3. The fraction of sp³-hybridized carbons (Fsp3) is 0.158. The molecule has 1 atom stereocenters. The molecule has 0 aliphatic heterocycles. The van der Waals surface area contributed by atoms with Gasteiger partial charge in [-0.2, -0.15) is 4.98 Å². The average molecular weight is 339 g/mol. The van der Waals surface area contributed by atoms with Crippen molar-refractivity contribution in [3.8, 4) is 0 Å². The molecule has 0 saturated carbocycles. The molecule has 0 aliphatic rings. The van der Waals surface area contributed by atoms with Crippen LogP contribution in [-0.4, -0.2) is 9.97 Å². The maximum atomic E-state index is 6.03. The summed E-state index contributed by atoms with van der Waals surface area (Å²) in [6.07, 6.45) is 0. The Morgan fingerprint density at radius 2 is 1.75 bits per heavy atom. The predicted molar refractivity (Wildman–Crippen MR) is 100.0 cm³/mol. The molecule has 0 radical (unpaired) electrons. The Kier molecular flexibility index (Phi) is 4.96. The van der Waals surface area contributed by atoms with E-state index >= 15 is 0 Å². The van der Waals surface area contributed by atoms with E-state index in [1.165, 1.54) is 5.56 Å². The third-order valence-electron chi connectivity index (χ3n) is 3.60. The number of hydrogen-bond donors (Lipinski definition) is 2. The summed E-state index contributed by atoms with van der Waals surface area (Å²) in [7, 11) is 0. The van der Waals surface area contributed by atoms with Crippen LogP contribution in [0, 0.1) is 6.92 Å². The summed E-state index contributed by atoms with van der Waals surface area (Å²) in [6, 6.07) is 19.8. The zero-order valence-electron chi connectivity index (χ0n) is 13.6. The third-order valence-corrected chi connectivity index (χ3v) is 3.83. The first kappa shape index (κ1) is 16.3. The number of benzene rings is 2. The van der Waals surface area contributed by atoms with Crippen LogP contribution in [0.25, 0.3) is 0 Å². The number of rotatable bonds is 5. The highest BCUT2D eigenvalue weighted by molar-refractivity contribution is 6.30. The monoisotopic (exact) mass is 338 g/mol. The van der Waals surface area contributed by atoms with Crippen molar-refractivity contribution in [1.29, 1.82) is 0 Å². The normalized spacial score (nSPS) is 11.8. The van der Waals surface area contributed by atoms with E-state index in [9.17, 15) is 0 Å². The summed E-state index contributed by atoms with van der Waals surface area (Å²) in [6.45, 7) is 4.04. The summed E-state index contributed by atoms with van der Waals surface area (Å²) in [5.74, 6) is 1.32. The minimum Gasteiger partial charge on any atom is -0.348 e. The molecule has 4 nitrogen and oxygen atoms in total. The molecule has 2 aromatic carbocycles. The van der Waals surface area contributed by atoms with Crippen molar-refractivity contribution in [2.45, 2.75) is 19.9 Å². The van der Waals surface area contributed by atoms with E-state index in [1.54, 1.807) is 0 Å². The largest absolute Gasteiger partial charge is 0.348 e. The quantitative estimate of drug-likeness (QED) is 0.658. The van der Waals surface area contributed by atoms with Crippen molar-refractivity contribution >= 4 is 29.1 Å².